The highest BCUT2D eigenvalue weighted by atomic mass is 16.5. The molecule has 3 nitrogen and oxygen atoms in total. The number of fused-ring (bicyclic) bond motifs is 1. The molecule has 0 aliphatic rings. The minimum Gasteiger partial charge on any atom is -0.497 e. The van der Waals surface area contributed by atoms with Gasteiger partial charge in [-0.05, 0) is 35.7 Å². The van der Waals surface area contributed by atoms with Gasteiger partial charge < -0.3 is 10.1 Å². The standard InChI is InChI=1S/C18H18N2O/c1-19-18(13-7-5-8-15(10-13)21-2)17-12-20-11-14-6-3-4-9-16(14)17/h3-12,18-19H,1-2H3. The number of nitrogens with zero attached hydrogens (tertiary/aromatic N) is 1. The summed E-state index contributed by atoms with van der Waals surface area (Å²) in [5, 5.41) is 5.75. The fraction of sp³-hybridized carbons (Fsp3) is 0.167. The normalized spacial score (nSPS) is 12.3. The third kappa shape index (κ3) is 2.60. The molecule has 3 heteroatoms. The quantitative estimate of drug-likeness (QED) is 0.792. The van der Waals surface area contributed by atoms with Crippen LogP contribution in [0.2, 0.25) is 0 Å². The van der Waals surface area contributed by atoms with Gasteiger partial charge in [0.1, 0.15) is 5.75 Å². The lowest BCUT2D eigenvalue weighted by Gasteiger charge is -2.19. The number of aromatic nitrogens is 1. The van der Waals surface area contributed by atoms with Crippen molar-refractivity contribution in [2.75, 3.05) is 14.2 Å². The molecule has 1 N–H and O–H groups in total. The molecule has 3 aromatic rings. The summed E-state index contributed by atoms with van der Waals surface area (Å²) >= 11 is 0. The summed E-state index contributed by atoms with van der Waals surface area (Å²) in [6, 6.07) is 16.5. The van der Waals surface area contributed by atoms with Gasteiger partial charge in [-0.3, -0.25) is 4.98 Å². The summed E-state index contributed by atoms with van der Waals surface area (Å²) in [7, 11) is 3.65. The van der Waals surface area contributed by atoms with Gasteiger partial charge in [0.2, 0.25) is 0 Å². The molecule has 106 valence electrons. The number of hydrogen-bond acceptors (Lipinski definition) is 3. The van der Waals surface area contributed by atoms with Crippen molar-refractivity contribution in [3.8, 4) is 5.75 Å². The van der Waals surface area contributed by atoms with Crippen LogP contribution in [-0.2, 0) is 0 Å². The highest BCUT2D eigenvalue weighted by Gasteiger charge is 2.15. The number of nitrogens with one attached hydrogen (secondary N) is 1. The lowest BCUT2D eigenvalue weighted by molar-refractivity contribution is 0.414. The van der Waals surface area contributed by atoms with Gasteiger partial charge in [0.15, 0.2) is 0 Å². The predicted molar refractivity (Wildman–Crippen MR) is 85.6 cm³/mol. The Morgan fingerprint density at radius 1 is 1.05 bits per heavy atom. The first-order valence-electron chi connectivity index (χ1n) is 6.97. The van der Waals surface area contributed by atoms with Gasteiger partial charge in [-0.1, -0.05) is 36.4 Å². The summed E-state index contributed by atoms with van der Waals surface area (Å²) in [5.74, 6) is 0.862. The Bertz CT molecular complexity index is 750. The van der Waals surface area contributed by atoms with Crippen LogP contribution in [0.5, 0.6) is 5.75 Å². The minimum atomic E-state index is 0.0821. The van der Waals surface area contributed by atoms with E-state index in [1.54, 1.807) is 7.11 Å². The number of rotatable bonds is 4. The van der Waals surface area contributed by atoms with Crippen molar-refractivity contribution in [3.63, 3.8) is 0 Å². The molecule has 3 rings (SSSR count). The first-order valence-corrected chi connectivity index (χ1v) is 6.97. The van der Waals surface area contributed by atoms with Crippen LogP contribution in [0.4, 0.5) is 0 Å². The molecule has 0 saturated heterocycles. The monoisotopic (exact) mass is 278 g/mol. The van der Waals surface area contributed by atoms with Crippen molar-refractivity contribution >= 4 is 10.8 Å². The van der Waals surface area contributed by atoms with Gasteiger partial charge in [-0.25, -0.2) is 0 Å². The summed E-state index contributed by atoms with van der Waals surface area (Å²) < 4.78 is 5.33. The lowest BCUT2D eigenvalue weighted by Crippen LogP contribution is -2.18. The van der Waals surface area contributed by atoms with E-state index in [0.29, 0.717) is 0 Å². The highest BCUT2D eigenvalue weighted by Crippen LogP contribution is 2.29. The van der Waals surface area contributed by atoms with Crippen molar-refractivity contribution in [2.24, 2.45) is 0 Å². The van der Waals surface area contributed by atoms with E-state index in [1.165, 1.54) is 10.9 Å². The molecule has 0 saturated carbocycles. The average Bonchev–Trinajstić information content (AvgIpc) is 2.56. The van der Waals surface area contributed by atoms with E-state index in [9.17, 15) is 0 Å². The van der Waals surface area contributed by atoms with Crippen LogP contribution >= 0.6 is 0 Å². The molecule has 1 unspecified atom stereocenters. The van der Waals surface area contributed by atoms with Crippen molar-refractivity contribution in [1.29, 1.82) is 0 Å². The van der Waals surface area contributed by atoms with E-state index in [-0.39, 0.29) is 6.04 Å². The topological polar surface area (TPSA) is 34.1 Å². The van der Waals surface area contributed by atoms with Gasteiger partial charge >= 0.3 is 0 Å². The van der Waals surface area contributed by atoms with E-state index in [1.807, 2.05) is 37.6 Å². The fourth-order valence-corrected chi connectivity index (χ4v) is 2.69. The van der Waals surface area contributed by atoms with Gasteiger partial charge in [-0.2, -0.15) is 0 Å². The maximum Gasteiger partial charge on any atom is 0.119 e. The van der Waals surface area contributed by atoms with E-state index in [0.717, 1.165) is 16.7 Å². The first-order chi connectivity index (χ1) is 10.3. The maximum absolute atomic E-state index is 5.33. The smallest absolute Gasteiger partial charge is 0.119 e. The van der Waals surface area contributed by atoms with E-state index in [4.69, 9.17) is 4.74 Å². The third-order valence-corrected chi connectivity index (χ3v) is 3.73. The molecule has 21 heavy (non-hydrogen) atoms. The molecule has 0 bridgehead atoms. The molecule has 0 amide bonds. The third-order valence-electron chi connectivity index (χ3n) is 3.73. The van der Waals surface area contributed by atoms with Crippen LogP contribution < -0.4 is 10.1 Å². The lowest BCUT2D eigenvalue weighted by atomic mass is 9.96. The fourth-order valence-electron chi connectivity index (χ4n) is 2.69. The largest absolute Gasteiger partial charge is 0.497 e. The van der Waals surface area contributed by atoms with Crippen LogP contribution in [-0.4, -0.2) is 19.1 Å². The van der Waals surface area contributed by atoms with Gasteiger partial charge in [0, 0.05) is 17.8 Å². The Morgan fingerprint density at radius 3 is 2.71 bits per heavy atom. The molecule has 0 aliphatic heterocycles. The summed E-state index contributed by atoms with van der Waals surface area (Å²) in [5.41, 5.74) is 2.33. The molecule has 0 aliphatic carbocycles. The van der Waals surface area contributed by atoms with Crippen molar-refractivity contribution in [3.05, 3.63) is 72.1 Å². The molecule has 2 aromatic carbocycles. The molecule has 0 fully saturated rings. The van der Waals surface area contributed by atoms with Gasteiger partial charge in [-0.15, -0.1) is 0 Å². The second-order valence-corrected chi connectivity index (χ2v) is 4.95. The number of methoxy groups -OCH3 is 1. The van der Waals surface area contributed by atoms with E-state index >= 15 is 0 Å². The molecule has 1 aromatic heterocycles. The zero-order valence-corrected chi connectivity index (χ0v) is 12.2. The Balaban J connectivity index is 2.13. The SMILES string of the molecule is CNC(c1cccc(OC)c1)c1cncc2ccccc12. The first kappa shape index (κ1) is 13.6. The zero-order valence-electron chi connectivity index (χ0n) is 12.2. The molecule has 1 atom stereocenters. The second-order valence-electron chi connectivity index (χ2n) is 4.95. The van der Waals surface area contributed by atoms with Crippen LogP contribution in [0.1, 0.15) is 17.2 Å². The van der Waals surface area contributed by atoms with Crippen molar-refractivity contribution < 1.29 is 4.74 Å². The van der Waals surface area contributed by atoms with Crippen molar-refractivity contribution in [1.82, 2.24) is 10.3 Å². The van der Waals surface area contributed by atoms with Gasteiger partial charge in [0.05, 0.1) is 13.2 Å². The molecule has 0 spiro atoms. The van der Waals surface area contributed by atoms with Crippen molar-refractivity contribution in [2.45, 2.75) is 6.04 Å². The Labute approximate surface area is 124 Å². The minimum absolute atomic E-state index is 0.0821. The van der Waals surface area contributed by atoms with Crippen LogP contribution in [0.3, 0.4) is 0 Å². The van der Waals surface area contributed by atoms with Crippen LogP contribution in [0, 0.1) is 0 Å². The van der Waals surface area contributed by atoms with Crippen LogP contribution in [0.25, 0.3) is 10.8 Å². The summed E-state index contributed by atoms with van der Waals surface area (Å²) in [4.78, 5) is 4.38. The molecule has 1 heterocycles. The maximum atomic E-state index is 5.33. The predicted octanol–water partition coefficient (Wildman–Crippen LogP) is 3.55. The number of hydrogen-bond donors (Lipinski definition) is 1. The Kier molecular flexibility index (Phi) is 3.84. The number of pyridine rings is 1. The molecular weight excluding hydrogens is 260 g/mol. The van der Waals surface area contributed by atoms with Gasteiger partial charge in [0.25, 0.3) is 0 Å². The molecule has 0 radical (unpaired) electrons. The van der Waals surface area contributed by atoms with Crippen LogP contribution in [0.15, 0.2) is 60.9 Å². The Morgan fingerprint density at radius 2 is 1.90 bits per heavy atom. The summed E-state index contributed by atoms with van der Waals surface area (Å²) in [6.45, 7) is 0. The average molecular weight is 278 g/mol. The number of ether oxygens (including phenoxy) is 1. The summed E-state index contributed by atoms with van der Waals surface area (Å²) in [6.07, 6.45) is 3.83. The highest BCUT2D eigenvalue weighted by molar-refractivity contribution is 5.85. The second kappa shape index (κ2) is 5.94. The van der Waals surface area contributed by atoms with E-state index < -0.39 is 0 Å². The number of benzene rings is 2. The Hall–Kier alpha value is -2.39. The van der Waals surface area contributed by atoms with E-state index in [2.05, 4.69) is 40.6 Å². The molecular formula is C18H18N2O. The zero-order chi connectivity index (χ0) is 14.7.